The zero-order valence-electron chi connectivity index (χ0n) is 12.8. The Morgan fingerprint density at radius 3 is 2.62 bits per heavy atom. The smallest absolute Gasteiger partial charge is 0.119 e. The molecule has 0 spiro atoms. The van der Waals surface area contributed by atoms with E-state index in [-0.39, 0.29) is 6.61 Å². The second-order valence-electron chi connectivity index (χ2n) is 5.18. The monoisotopic (exact) mass is 289 g/mol. The molecule has 2 aromatic rings. The van der Waals surface area contributed by atoms with Crippen LogP contribution in [0.25, 0.3) is 0 Å². The average molecular weight is 289 g/mol. The number of nitrogens with one attached hydrogen (secondary N) is 1. The van der Waals surface area contributed by atoms with Gasteiger partial charge in [-0.3, -0.25) is 4.68 Å². The quantitative estimate of drug-likeness (QED) is 0.812. The normalized spacial score (nSPS) is 12.4. The van der Waals surface area contributed by atoms with Crippen LogP contribution in [0, 0.1) is 13.8 Å². The summed E-state index contributed by atoms with van der Waals surface area (Å²) in [6.45, 7) is 5.52. The molecule has 0 aliphatic rings. The van der Waals surface area contributed by atoms with Gasteiger partial charge >= 0.3 is 0 Å². The van der Waals surface area contributed by atoms with Crippen LogP contribution in [0.3, 0.4) is 0 Å². The van der Waals surface area contributed by atoms with Crippen molar-refractivity contribution in [3.05, 3.63) is 47.3 Å². The molecule has 2 rings (SSSR count). The molecule has 0 aliphatic heterocycles. The molecule has 1 unspecified atom stereocenters. The van der Waals surface area contributed by atoms with E-state index in [0.717, 1.165) is 17.1 Å². The Kier molecular flexibility index (Phi) is 5.36. The van der Waals surface area contributed by atoms with E-state index in [1.54, 1.807) is 0 Å². The van der Waals surface area contributed by atoms with Crippen LogP contribution in [0.4, 0.5) is 0 Å². The van der Waals surface area contributed by atoms with Gasteiger partial charge in [-0.15, -0.1) is 0 Å². The Labute approximate surface area is 125 Å². The molecule has 114 valence electrons. The van der Waals surface area contributed by atoms with Gasteiger partial charge < -0.3 is 15.2 Å². The van der Waals surface area contributed by atoms with Crippen LogP contribution in [-0.2, 0) is 13.6 Å². The van der Waals surface area contributed by atoms with Crippen molar-refractivity contribution in [1.29, 1.82) is 0 Å². The third-order valence-electron chi connectivity index (χ3n) is 3.53. The number of aliphatic hydroxyl groups excluding tert-OH is 1. The summed E-state index contributed by atoms with van der Waals surface area (Å²) in [5.41, 5.74) is 3.36. The molecule has 21 heavy (non-hydrogen) atoms. The second kappa shape index (κ2) is 7.24. The molecule has 0 bridgehead atoms. The van der Waals surface area contributed by atoms with Gasteiger partial charge in [0.2, 0.25) is 0 Å². The third-order valence-corrected chi connectivity index (χ3v) is 3.53. The number of aliphatic hydroxyl groups is 1. The molecule has 0 aliphatic carbocycles. The van der Waals surface area contributed by atoms with E-state index in [9.17, 15) is 5.11 Å². The lowest BCUT2D eigenvalue weighted by molar-refractivity contribution is 0.106. The van der Waals surface area contributed by atoms with Gasteiger partial charge in [-0.25, -0.2) is 0 Å². The Morgan fingerprint density at radius 2 is 2.00 bits per heavy atom. The van der Waals surface area contributed by atoms with Gasteiger partial charge in [0.15, 0.2) is 0 Å². The maximum atomic E-state index is 9.92. The number of para-hydroxylation sites is 1. The molecule has 0 saturated heterocycles. The number of aromatic nitrogens is 2. The minimum atomic E-state index is -0.539. The highest BCUT2D eigenvalue weighted by molar-refractivity contribution is 5.24. The number of rotatable bonds is 7. The predicted octanol–water partition coefficient (Wildman–Crippen LogP) is 1.57. The molecular weight excluding hydrogens is 266 g/mol. The summed E-state index contributed by atoms with van der Waals surface area (Å²) >= 11 is 0. The fourth-order valence-corrected chi connectivity index (χ4v) is 2.21. The number of benzene rings is 1. The predicted molar refractivity (Wildman–Crippen MR) is 82.3 cm³/mol. The lowest BCUT2D eigenvalue weighted by Gasteiger charge is -2.13. The molecule has 5 heteroatoms. The molecule has 1 heterocycles. The largest absolute Gasteiger partial charge is 0.491 e. The first-order valence-corrected chi connectivity index (χ1v) is 7.13. The Morgan fingerprint density at radius 1 is 1.29 bits per heavy atom. The van der Waals surface area contributed by atoms with Crippen molar-refractivity contribution in [2.45, 2.75) is 26.5 Å². The van der Waals surface area contributed by atoms with Crippen LogP contribution in [0.1, 0.15) is 17.0 Å². The van der Waals surface area contributed by atoms with Gasteiger partial charge in [-0.05, 0) is 26.0 Å². The summed E-state index contributed by atoms with van der Waals surface area (Å²) in [7, 11) is 1.94. The van der Waals surface area contributed by atoms with Crippen LogP contribution < -0.4 is 10.1 Å². The average Bonchev–Trinajstić information content (AvgIpc) is 2.72. The number of aryl methyl sites for hydroxylation is 2. The van der Waals surface area contributed by atoms with Crippen LogP contribution >= 0.6 is 0 Å². The summed E-state index contributed by atoms with van der Waals surface area (Å²) in [4.78, 5) is 0. The zero-order valence-corrected chi connectivity index (χ0v) is 12.8. The molecule has 5 nitrogen and oxygen atoms in total. The van der Waals surface area contributed by atoms with Gasteiger partial charge in [0, 0.05) is 31.4 Å². The molecule has 0 amide bonds. The maximum absolute atomic E-state index is 9.92. The van der Waals surface area contributed by atoms with Crippen molar-refractivity contribution in [2.24, 2.45) is 7.05 Å². The highest BCUT2D eigenvalue weighted by atomic mass is 16.5. The number of ether oxygens (including phenoxy) is 1. The molecule has 2 N–H and O–H groups in total. The first kappa shape index (κ1) is 15.5. The molecule has 0 saturated carbocycles. The Balaban J connectivity index is 1.73. The van der Waals surface area contributed by atoms with Crippen LogP contribution in [0.2, 0.25) is 0 Å². The number of hydrogen-bond acceptors (Lipinski definition) is 4. The van der Waals surface area contributed by atoms with E-state index >= 15 is 0 Å². The van der Waals surface area contributed by atoms with E-state index < -0.39 is 6.10 Å². The number of nitrogens with zero attached hydrogens (tertiary/aromatic N) is 2. The molecular formula is C16H23N3O2. The Hall–Kier alpha value is -1.85. The van der Waals surface area contributed by atoms with Gasteiger partial charge in [-0.1, -0.05) is 18.2 Å². The third kappa shape index (κ3) is 4.31. The summed E-state index contributed by atoms with van der Waals surface area (Å²) in [5, 5.41) is 17.5. The fourth-order valence-electron chi connectivity index (χ4n) is 2.21. The minimum absolute atomic E-state index is 0.280. The van der Waals surface area contributed by atoms with E-state index in [4.69, 9.17) is 4.74 Å². The minimum Gasteiger partial charge on any atom is -0.491 e. The second-order valence-corrected chi connectivity index (χ2v) is 5.18. The standard InChI is InChI=1S/C16H23N3O2/c1-12-16(13(2)19(3)18-12)10-17-9-14(20)11-21-15-7-5-4-6-8-15/h4-8,14,17,20H,9-11H2,1-3H3. The van der Waals surface area contributed by atoms with Crippen molar-refractivity contribution in [3.63, 3.8) is 0 Å². The van der Waals surface area contributed by atoms with E-state index in [2.05, 4.69) is 10.4 Å². The SMILES string of the molecule is Cc1nn(C)c(C)c1CNCC(O)COc1ccccc1. The highest BCUT2D eigenvalue weighted by Crippen LogP contribution is 2.11. The fraction of sp³-hybridized carbons (Fsp3) is 0.438. The molecule has 1 aromatic carbocycles. The maximum Gasteiger partial charge on any atom is 0.119 e. The summed E-state index contributed by atoms with van der Waals surface area (Å²) in [6, 6.07) is 9.51. The van der Waals surface area contributed by atoms with Crippen molar-refractivity contribution < 1.29 is 9.84 Å². The summed E-state index contributed by atoms with van der Waals surface area (Å²) < 4.78 is 7.39. The summed E-state index contributed by atoms with van der Waals surface area (Å²) in [5.74, 6) is 0.774. The first-order chi connectivity index (χ1) is 10.1. The lowest BCUT2D eigenvalue weighted by Crippen LogP contribution is -2.31. The zero-order chi connectivity index (χ0) is 15.2. The van der Waals surface area contributed by atoms with E-state index in [0.29, 0.717) is 13.1 Å². The molecule has 1 aromatic heterocycles. The van der Waals surface area contributed by atoms with Crippen LogP contribution in [0.5, 0.6) is 5.75 Å². The Bertz CT molecular complexity index is 566. The van der Waals surface area contributed by atoms with Gasteiger partial charge in [0.25, 0.3) is 0 Å². The van der Waals surface area contributed by atoms with E-state index in [1.807, 2.05) is 55.9 Å². The van der Waals surface area contributed by atoms with Crippen LogP contribution in [0.15, 0.2) is 30.3 Å². The van der Waals surface area contributed by atoms with Crippen LogP contribution in [-0.4, -0.2) is 34.1 Å². The lowest BCUT2D eigenvalue weighted by atomic mass is 10.2. The van der Waals surface area contributed by atoms with Crippen molar-refractivity contribution in [1.82, 2.24) is 15.1 Å². The van der Waals surface area contributed by atoms with Crippen molar-refractivity contribution in [3.8, 4) is 5.75 Å². The van der Waals surface area contributed by atoms with Gasteiger partial charge in [0.05, 0.1) is 5.69 Å². The molecule has 0 radical (unpaired) electrons. The van der Waals surface area contributed by atoms with Crippen molar-refractivity contribution >= 4 is 0 Å². The van der Waals surface area contributed by atoms with Gasteiger partial charge in [-0.2, -0.15) is 5.10 Å². The van der Waals surface area contributed by atoms with Crippen molar-refractivity contribution in [2.75, 3.05) is 13.2 Å². The number of hydrogen-bond donors (Lipinski definition) is 2. The first-order valence-electron chi connectivity index (χ1n) is 7.13. The summed E-state index contributed by atoms with van der Waals surface area (Å²) in [6.07, 6.45) is -0.539. The topological polar surface area (TPSA) is 59.3 Å². The molecule has 1 atom stereocenters. The van der Waals surface area contributed by atoms with Gasteiger partial charge in [0.1, 0.15) is 18.5 Å². The van der Waals surface area contributed by atoms with E-state index in [1.165, 1.54) is 5.56 Å². The highest BCUT2D eigenvalue weighted by Gasteiger charge is 2.10. The molecule has 0 fully saturated rings.